The van der Waals surface area contributed by atoms with Crippen molar-refractivity contribution in [3.63, 3.8) is 0 Å². The van der Waals surface area contributed by atoms with Crippen molar-refractivity contribution in [2.75, 3.05) is 13.2 Å². The fourth-order valence-electron chi connectivity index (χ4n) is 1.01. The summed E-state index contributed by atoms with van der Waals surface area (Å²) in [7, 11) is 0. The molecule has 0 N–H and O–H groups in total. The fraction of sp³-hybridized carbons (Fsp3) is 0.833. The van der Waals surface area contributed by atoms with Crippen LogP contribution in [0, 0.1) is 5.41 Å². The molecule has 0 aromatic heterocycles. The zero-order valence-corrected chi connectivity index (χ0v) is 12.4. The van der Waals surface area contributed by atoms with Gasteiger partial charge in [0.2, 0.25) is 0 Å². The van der Waals surface area contributed by atoms with Gasteiger partial charge in [0, 0.05) is 0 Å². The topological polar surface area (TPSA) is 52.6 Å². The summed E-state index contributed by atoms with van der Waals surface area (Å²) in [4.78, 5) is 22.2. The van der Waals surface area contributed by atoms with Crippen molar-refractivity contribution in [2.24, 2.45) is 5.41 Å². The van der Waals surface area contributed by atoms with Crippen molar-refractivity contribution < 1.29 is 49.8 Å². The quantitative estimate of drug-likeness (QED) is 0.399. The van der Waals surface area contributed by atoms with Crippen molar-refractivity contribution in [1.82, 2.24) is 0 Å². The molecule has 11 heteroatoms. The summed E-state index contributed by atoms with van der Waals surface area (Å²) in [5.41, 5.74) is -0.919. The second-order valence-corrected chi connectivity index (χ2v) is 5.16. The van der Waals surface area contributed by atoms with Gasteiger partial charge in [0.25, 0.3) is 0 Å². The molecule has 0 aliphatic heterocycles. The van der Waals surface area contributed by atoms with Crippen LogP contribution in [0.4, 0.5) is 30.7 Å². The first-order valence-corrected chi connectivity index (χ1v) is 6.28. The lowest BCUT2D eigenvalue weighted by Crippen LogP contribution is -2.56. The Labute approximate surface area is 126 Å². The highest BCUT2D eigenvalue weighted by molar-refractivity contribution is 5.79. The van der Waals surface area contributed by atoms with Crippen LogP contribution in [0.5, 0.6) is 0 Å². The Hall–Kier alpha value is -1.55. The first-order chi connectivity index (χ1) is 10.1. The minimum atomic E-state index is -6.63. The lowest BCUT2D eigenvalue weighted by molar-refractivity contribution is -0.348. The van der Waals surface area contributed by atoms with E-state index >= 15 is 0 Å². The van der Waals surface area contributed by atoms with E-state index in [-0.39, 0.29) is 0 Å². The average molecular weight is 356 g/mol. The van der Waals surface area contributed by atoms with Gasteiger partial charge in [-0.15, -0.1) is 0 Å². The number of esters is 2. The second-order valence-electron chi connectivity index (χ2n) is 5.16. The summed E-state index contributed by atoms with van der Waals surface area (Å²) in [6.45, 7) is 2.80. The zero-order chi connectivity index (χ0) is 18.7. The van der Waals surface area contributed by atoms with E-state index < -0.39 is 48.6 Å². The molecule has 0 heterocycles. The second kappa shape index (κ2) is 6.91. The van der Waals surface area contributed by atoms with Gasteiger partial charge in [-0.25, -0.2) is 4.79 Å². The van der Waals surface area contributed by atoms with Crippen LogP contribution in [0.15, 0.2) is 0 Å². The Morgan fingerprint density at radius 2 is 1.22 bits per heavy atom. The Balaban J connectivity index is 4.60. The molecule has 0 aliphatic rings. The predicted molar refractivity (Wildman–Crippen MR) is 61.9 cm³/mol. The van der Waals surface area contributed by atoms with Crippen LogP contribution < -0.4 is 0 Å². The van der Waals surface area contributed by atoms with Crippen LogP contribution in [0.1, 0.15) is 27.2 Å². The predicted octanol–water partition coefficient (Wildman–Crippen LogP) is 3.34. The zero-order valence-electron chi connectivity index (χ0n) is 12.4. The molecule has 0 amide bonds. The normalized spacial score (nSPS) is 13.7. The number of halogens is 7. The first kappa shape index (κ1) is 21.4. The third-order valence-corrected chi connectivity index (χ3v) is 2.99. The van der Waals surface area contributed by atoms with E-state index in [1.165, 1.54) is 13.8 Å². The standard InChI is InChI=1S/C12H15F7O4/c1-4-9(2,3)7(20)22-5-6-23-8(21)10(13,14)11(15,16)12(17,18)19/h4-6H2,1-3H3. The van der Waals surface area contributed by atoms with E-state index in [9.17, 15) is 40.3 Å². The monoisotopic (exact) mass is 356 g/mol. The minimum Gasteiger partial charge on any atom is -0.462 e. The minimum absolute atomic E-state index is 0.363. The molecule has 0 aromatic carbocycles. The van der Waals surface area contributed by atoms with Crippen molar-refractivity contribution >= 4 is 11.9 Å². The molecule has 0 saturated carbocycles. The number of hydrogen-bond donors (Lipinski definition) is 0. The molecule has 0 aromatic rings. The summed E-state index contributed by atoms with van der Waals surface area (Å²) in [5, 5.41) is 0. The number of hydrogen-bond acceptors (Lipinski definition) is 4. The van der Waals surface area contributed by atoms with Crippen LogP contribution in [0.25, 0.3) is 0 Å². The lowest BCUT2D eigenvalue weighted by Gasteiger charge is -2.26. The van der Waals surface area contributed by atoms with Gasteiger partial charge < -0.3 is 9.47 Å². The van der Waals surface area contributed by atoms with Gasteiger partial charge in [0.1, 0.15) is 13.2 Å². The molecular weight excluding hydrogens is 341 g/mol. The molecule has 0 radical (unpaired) electrons. The van der Waals surface area contributed by atoms with E-state index in [2.05, 4.69) is 9.47 Å². The number of ether oxygens (including phenoxy) is 2. The molecule has 0 atom stereocenters. The number of carbonyl (C=O) groups excluding carboxylic acids is 2. The molecule has 4 nitrogen and oxygen atoms in total. The van der Waals surface area contributed by atoms with Crippen LogP contribution in [-0.2, 0) is 19.1 Å². The van der Waals surface area contributed by atoms with Crippen LogP contribution in [0.3, 0.4) is 0 Å². The summed E-state index contributed by atoms with van der Waals surface area (Å²) >= 11 is 0. The maximum Gasteiger partial charge on any atom is 0.460 e. The summed E-state index contributed by atoms with van der Waals surface area (Å²) in [6, 6.07) is 0. The van der Waals surface area contributed by atoms with Crippen molar-refractivity contribution in [3.05, 3.63) is 0 Å². The Kier molecular flexibility index (Phi) is 6.45. The molecule has 0 aliphatic carbocycles. The van der Waals surface area contributed by atoms with Gasteiger partial charge >= 0.3 is 30.0 Å². The Morgan fingerprint density at radius 1 is 0.826 bits per heavy atom. The Morgan fingerprint density at radius 3 is 1.57 bits per heavy atom. The van der Waals surface area contributed by atoms with Crippen molar-refractivity contribution in [2.45, 2.75) is 45.2 Å². The molecule has 0 saturated heterocycles. The molecule has 0 rings (SSSR count). The highest BCUT2D eigenvalue weighted by Crippen LogP contribution is 2.46. The number of rotatable bonds is 7. The third kappa shape index (κ3) is 4.71. The molecule has 0 unspecified atom stereocenters. The van der Waals surface area contributed by atoms with Crippen LogP contribution in [0.2, 0.25) is 0 Å². The molecule has 0 fully saturated rings. The number of alkyl halides is 7. The van der Waals surface area contributed by atoms with E-state index in [1.54, 1.807) is 6.92 Å². The first-order valence-electron chi connectivity index (χ1n) is 6.28. The van der Waals surface area contributed by atoms with Gasteiger partial charge in [0.15, 0.2) is 0 Å². The summed E-state index contributed by atoms with van der Waals surface area (Å²) in [5.74, 6) is -16.5. The highest BCUT2D eigenvalue weighted by Gasteiger charge is 2.77. The van der Waals surface area contributed by atoms with E-state index in [0.717, 1.165) is 0 Å². The Bertz CT molecular complexity index is 443. The van der Waals surface area contributed by atoms with Gasteiger partial charge in [-0.05, 0) is 20.3 Å². The van der Waals surface area contributed by atoms with Gasteiger partial charge in [0.05, 0.1) is 5.41 Å². The molecule has 23 heavy (non-hydrogen) atoms. The molecule has 136 valence electrons. The summed E-state index contributed by atoms with van der Waals surface area (Å²) < 4.78 is 94.5. The van der Waals surface area contributed by atoms with Crippen molar-refractivity contribution in [1.29, 1.82) is 0 Å². The number of carbonyl (C=O) groups is 2. The van der Waals surface area contributed by atoms with Crippen LogP contribution >= 0.6 is 0 Å². The maximum absolute atomic E-state index is 12.9. The van der Waals surface area contributed by atoms with E-state index in [4.69, 9.17) is 0 Å². The van der Waals surface area contributed by atoms with Crippen molar-refractivity contribution in [3.8, 4) is 0 Å². The molecular formula is C12H15F7O4. The van der Waals surface area contributed by atoms with E-state index in [1.807, 2.05) is 0 Å². The van der Waals surface area contributed by atoms with Gasteiger partial charge in [-0.1, -0.05) is 6.92 Å². The largest absolute Gasteiger partial charge is 0.462 e. The smallest absolute Gasteiger partial charge is 0.460 e. The maximum atomic E-state index is 12.9. The van der Waals surface area contributed by atoms with Crippen LogP contribution in [-0.4, -0.2) is 43.2 Å². The van der Waals surface area contributed by atoms with E-state index in [0.29, 0.717) is 6.42 Å². The fourth-order valence-corrected chi connectivity index (χ4v) is 1.01. The SMILES string of the molecule is CCC(C)(C)C(=O)OCCOC(=O)C(F)(F)C(F)(F)C(F)(F)F. The molecule has 0 bridgehead atoms. The lowest BCUT2D eigenvalue weighted by atomic mass is 9.91. The molecule has 0 spiro atoms. The highest BCUT2D eigenvalue weighted by atomic mass is 19.4. The average Bonchev–Trinajstić information content (AvgIpc) is 2.41. The van der Waals surface area contributed by atoms with Gasteiger partial charge in [-0.2, -0.15) is 30.7 Å². The van der Waals surface area contributed by atoms with Gasteiger partial charge in [-0.3, -0.25) is 4.79 Å². The summed E-state index contributed by atoms with van der Waals surface area (Å²) in [6.07, 6.45) is -6.27. The third-order valence-electron chi connectivity index (χ3n) is 2.99.